The monoisotopic (exact) mass is 333 g/mol. The van der Waals surface area contributed by atoms with Crippen molar-refractivity contribution in [3.05, 3.63) is 47.1 Å². The lowest BCUT2D eigenvalue weighted by Gasteiger charge is -2.26. The maximum Gasteiger partial charge on any atom is 0.308 e. The van der Waals surface area contributed by atoms with E-state index < -0.39 is 6.10 Å². The number of esters is 1. The molecule has 5 heteroatoms. The molecule has 1 fully saturated rings. The van der Waals surface area contributed by atoms with Gasteiger partial charge in [0.2, 0.25) is 0 Å². The maximum absolute atomic E-state index is 11.4. The van der Waals surface area contributed by atoms with Gasteiger partial charge in [0.25, 0.3) is 0 Å². The Bertz CT molecular complexity index is 693. The first-order chi connectivity index (χ1) is 11.0. The molecule has 2 atom stereocenters. The van der Waals surface area contributed by atoms with Gasteiger partial charge in [0, 0.05) is 35.8 Å². The number of aromatic nitrogens is 1. The lowest BCUT2D eigenvalue weighted by molar-refractivity contribution is -0.160. The molecule has 0 aliphatic carbocycles. The molecule has 1 aromatic carbocycles. The Morgan fingerprint density at radius 1 is 1.26 bits per heavy atom. The van der Waals surface area contributed by atoms with Gasteiger partial charge < -0.3 is 14.4 Å². The van der Waals surface area contributed by atoms with Crippen molar-refractivity contribution in [1.82, 2.24) is 4.57 Å². The van der Waals surface area contributed by atoms with Crippen LogP contribution in [0.2, 0.25) is 5.02 Å². The zero-order valence-corrected chi connectivity index (χ0v) is 13.8. The molecule has 0 bridgehead atoms. The average Bonchev–Trinajstić information content (AvgIpc) is 2.86. The number of aliphatic hydroxyl groups excluding tert-OH is 1. The van der Waals surface area contributed by atoms with Gasteiger partial charge in [-0.3, -0.25) is 4.79 Å². The molecule has 4 nitrogen and oxygen atoms in total. The van der Waals surface area contributed by atoms with Crippen LogP contribution in [-0.4, -0.2) is 27.9 Å². The number of aliphatic hydroxyl groups is 1. The molecule has 1 aromatic heterocycles. The van der Waals surface area contributed by atoms with E-state index >= 15 is 0 Å². The van der Waals surface area contributed by atoms with E-state index in [0.29, 0.717) is 17.9 Å². The molecule has 1 saturated heterocycles. The zero-order chi connectivity index (χ0) is 16.4. The van der Waals surface area contributed by atoms with Crippen molar-refractivity contribution in [1.29, 1.82) is 0 Å². The number of rotatable bonds is 4. The molecule has 3 rings (SSSR count). The van der Waals surface area contributed by atoms with E-state index in [1.54, 1.807) is 0 Å². The summed E-state index contributed by atoms with van der Waals surface area (Å²) in [4.78, 5) is 11.4. The summed E-state index contributed by atoms with van der Waals surface area (Å²) < 4.78 is 7.53. The van der Waals surface area contributed by atoms with E-state index in [4.69, 9.17) is 16.3 Å². The van der Waals surface area contributed by atoms with Crippen LogP contribution >= 0.6 is 11.6 Å². The summed E-state index contributed by atoms with van der Waals surface area (Å²) in [7, 11) is 0. The Morgan fingerprint density at radius 2 is 2.00 bits per heavy atom. The van der Waals surface area contributed by atoms with Gasteiger partial charge in [0.05, 0.1) is 12.5 Å². The second-order valence-electron chi connectivity index (χ2n) is 6.01. The second kappa shape index (κ2) is 6.77. The fourth-order valence-corrected chi connectivity index (χ4v) is 3.18. The number of ether oxygens (including phenoxy) is 1. The SMILES string of the molecule is Cc1ccc(-c2ccc(Cl)cc2)n1CC[C@H]1C[C@H](O)CC(=O)O1. The molecule has 2 heterocycles. The molecular weight excluding hydrogens is 314 g/mol. The first-order valence-electron chi connectivity index (χ1n) is 7.82. The number of cyclic esters (lactones) is 1. The number of nitrogens with zero attached hydrogens (tertiary/aromatic N) is 1. The summed E-state index contributed by atoms with van der Waals surface area (Å²) in [5.41, 5.74) is 3.36. The fourth-order valence-electron chi connectivity index (χ4n) is 3.05. The van der Waals surface area contributed by atoms with Crippen LogP contribution in [0.25, 0.3) is 11.3 Å². The first-order valence-corrected chi connectivity index (χ1v) is 8.20. The molecule has 2 aromatic rings. The molecule has 1 aliphatic heterocycles. The van der Waals surface area contributed by atoms with Crippen LogP contribution < -0.4 is 0 Å². The molecule has 23 heavy (non-hydrogen) atoms. The molecule has 0 spiro atoms. The molecule has 0 saturated carbocycles. The largest absolute Gasteiger partial charge is 0.462 e. The quantitative estimate of drug-likeness (QED) is 0.870. The zero-order valence-electron chi connectivity index (χ0n) is 13.0. The Labute approximate surface area is 140 Å². The van der Waals surface area contributed by atoms with Crippen LogP contribution in [0, 0.1) is 6.92 Å². The third kappa shape index (κ3) is 3.77. The molecular formula is C18H20ClNO3. The van der Waals surface area contributed by atoms with Crippen LogP contribution in [-0.2, 0) is 16.1 Å². The minimum Gasteiger partial charge on any atom is -0.462 e. The number of aryl methyl sites for hydroxylation is 1. The molecule has 1 aliphatic rings. The van der Waals surface area contributed by atoms with Crippen LogP contribution in [0.1, 0.15) is 25.0 Å². The molecule has 1 N–H and O–H groups in total. The number of carbonyl (C=O) groups excluding carboxylic acids is 1. The molecule has 0 amide bonds. The first kappa shape index (κ1) is 16.1. The third-order valence-corrected chi connectivity index (χ3v) is 4.50. The van der Waals surface area contributed by atoms with E-state index in [0.717, 1.165) is 23.5 Å². The standard InChI is InChI=1S/C18H20ClNO3/c1-12-2-7-17(13-3-5-14(19)6-4-13)20(12)9-8-16-10-15(21)11-18(22)23-16/h2-7,15-16,21H,8-11H2,1H3/t15-,16-/m0/s1. The highest BCUT2D eigenvalue weighted by molar-refractivity contribution is 6.30. The van der Waals surface area contributed by atoms with Crippen LogP contribution in [0.15, 0.2) is 36.4 Å². The summed E-state index contributed by atoms with van der Waals surface area (Å²) in [6.07, 6.45) is 0.518. The van der Waals surface area contributed by atoms with Gasteiger partial charge in [-0.1, -0.05) is 23.7 Å². The Morgan fingerprint density at radius 3 is 2.70 bits per heavy atom. The molecule has 0 unspecified atom stereocenters. The van der Waals surface area contributed by atoms with Crippen LogP contribution in [0.3, 0.4) is 0 Å². The lowest BCUT2D eigenvalue weighted by Crippen LogP contribution is -2.33. The predicted molar refractivity (Wildman–Crippen MR) is 89.4 cm³/mol. The van der Waals surface area contributed by atoms with E-state index in [1.807, 2.05) is 24.3 Å². The molecule has 122 valence electrons. The highest BCUT2D eigenvalue weighted by Crippen LogP contribution is 2.26. The number of halogens is 1. The van der Waals surface area contributed by atoms with E-state index in [2.05, 4.69) is 23.6 Å². The maximum atomic E-state index is 11.4. The topological polar surface area (TPSA) is 51.5 Å². The van der Waals surface area contributed by atoms with Crippen molar-refractivity contribution >= 4 is 17.6 Å². The van der Waals surface area contributed by atoms with Gasteiger partial charge >= 0.3 is 5.97 Å². The van der Waals surface area contributed by atoms with Gasteiger partial charge in [-0.05, 0) is 36.8 Å². The third-order valence-electron chi connectivity index (χ3n) is 4.25. The van der Waals surface area contributed by atoms with Crippen LogP contribution in [0.5, 0.6) is 0 Å². The van der Waals surface area contributed by atoms with Crippen molar-refractivity contribution in [3.8, 4) is 11.3 Å². The van der Waals surface area contributed by atoms with Crippen molar-refractivity contribution in [2.45, 2.75) is 44.9 Å². The van der Waals surface area contributed by atoms with Crippen LogP contribution in [0.4, 0.5) is 0 Å². The normalized spacial score (nSPS) is 21.3. The Balaban J connectivity index is 1.74. The lowest BCUT2D eigenvalue weighted by atomic mass is 10.0. The van der Waals surface area contributed by atoms with Gasteiger partial charge in [-0.25, -0.2) is 0 Å². The summed E-state index contributed by atoms with van der Waals surface area (Å²) in [6.45, 7) is 2.79. The summed E-state index contributed by atoms with van der Waals surface area (Å²) >= 11 is 5.96. The fraction of sp³-hybridized carbons (Fsp3) is 0.389. The van der Waals surface area contributed by atoms with Gasteiger partial charge in [0.15, 0.2) is 0 Å². The molecule has 0 radical (unpaired) electrons. The van der Waals surface area contributed by atoms with Crippen molar-refractivity contribution < 1.29 is 14.6 Å². The highest BCUT2D eigenvalue weighted by Gasteiger charge is 2.27. The predicted octanol–water partition coefficient (Wildman–Crippen LogP) is 3.57. The Kier molecular flexibility index (Phi) is 4.74. The smallest absolute Gasteiger partial charge is 0.308 e. The minimum absolute atomic E-state index is 0.106. The Hall–Kier alpha value is -1.78. The number of hydrogen-bond acceptors (Lipinski definition) is 3. The summed E-state index contributed by atoms with van der Waals surface area (Å²) in [6, 6.07) is 11.9. The van der Waals surface area contributed by atoms with Crippen molar-refractivity contribution in [2.75, 3.05) is 0 Å². The summed E-state index contributed by atoms with van der Waals surface area (Å²) in [5, 5.41) is 10.4. The number of hydrogen-bond donors (Lipinski definition) is 1. The number of carbonyl (C=O) groups is 1. The summed E-state index contributed by atoms with van der Waals surface area (Å²) in [5.74, 6) is -0.309. The average molecular weight is 334 g/mol. The van der Waals surface area contributed by atoms with E-state index in [1.165, 1.54) is 0 Å². The van der Waals surface area contributed by atoms with E-state index in [9.17, 15) is 9.90 Å². The van der Waals surface area contributed by atoms with Gasteiger partial charge in [0.1, 0.15) is 6.10 Å². The number of benzene rings is 1. The highest BCUT2D eigenvalue weighted by atomic mass is 35.5. The minimum atomic E-state index is -0.581. The van der Waals surface area contributed by atoms with E-state index in [-0.39, 0.29) is 18.5 Å². The van der Waals surface area contributed by atoms with Crippen molar-refractivity contribution in [2.24, 2.45) is 0 Å². The van der Waals surface area contributed by atoms with Gasteiger partial charge in [-0.2, -0.15) is 0 Å². The van der Waals surface area contributed by atoms with Gasteiger partial charge in [-0.15, -0.1) is 0 Å². The second-order valence-corrected chi connectivity index (χ2v) is 6.45. The van der Waals surface area contributed by atoms with Crippen molar-refractivity contribution in [3.63, 3.8) is 0 Å².